The van der Waals surface area contributed by atoms with E-state index in [0.29, 0.717) is 13.2 Å². The number of nitro benzene ring substituents is 1. The number of benzene rings is 1. The van der Waals surface area contributed by atoms with Crippen LogP contribution in [-0.2, 0) is 4.74 Å². The second kappa shape index (κ2) is 4.38. The van der Waals surface area contributed by atoms with E-state index in [0.717, 1.165) is 6.07 Å². The fraction of sp³-hybridized carbons (Fsp3) is 0.300. The predicted octanol–water partition coefficient (Wildman–Crippen LogP) is 1.07. The van der Waals surface area contributed by atoms with Crippen molar-refractivity contribution in [1.82, 2.24) is 0 Å². The second-order valence-corrected chi connectivity index (χ2v) is 3.52. The number of carboxylic acid groups (broad SMARTS) is 1. The Morgan fingerprint density at radius 2 is 2.24 bits per heavy atom. The van der Waals surface area contributed by atoms with E-state index in [9.17, 15) is 14.9 Å². The highest BCUT2D eigenvalue weighted by Gasteiger charge is 2.24. The molecule has 17 heavy (non-hydrogen) atoms. The quantitative estimate of drug-likeness (QED) is 0.623. The van der Waals surface area contributed by atoms with Gasteiger partial charge in [-0.2, -0.15) is 0 Å². The molecule has 0 aliphatic carbocycles. The van der Waals surface area contributed by atoms with Crippen LogP contribution < -0.4 is 4.74 Å². The van der Waals surface area contributed by atoms with Gasteiger partial charge < -0.3 is 14.6 Å². The van der Waals surface area contributed by atoms with Crippen LogP contribution in [0.15, 0.2) is 18.2 Å². The zero-order chi connectivity index (χ0) is 12.4. The molecule has 1 N–H and O–H groups in total. The molecule has 7 heteroatoms. The van der Waals surface area contributed by atoms with Crippen molar-refractivity contribution in [3.8, 4) is 5.75 Å². The van der Waals surface area contributed by atoms with Gasteiger partial charge in [0, 0.05) is 12.1 Å². The van der Waals surface area contributed by atoms with Crippen LogP contribution >= 0.6 is 0 Å². The van der Waals surface area contributed by atoms with Crippen molar-refractivity contribution < 1.29 is 24.3 Å². The molecule has 90 valence electrons. The number of hydrogen-bond donors (Lipinski definition) is 1. The van der Waals surface area contributed by atoms with E-state index < -0.39 is 10.9 Å². The lowest BCUT2D eigenvalue weighted by atomic mass is 10.1. The van der Waals surface area contributed by atoms with Crippen LogP contribution in [0.5, 0.6) is 5.75 Å². The van der Waals surface area contributed by atoms with Gasteiger partial charge in [0.05, 0.1) is 18.1 Å². The van der Waals surface area contributed by atoms with Gasteiger partial charge in [-0.1, -0.05) is 0 Å². The molecule has 1 heterocycles. The average Bonchev–Trinajstić information content (AvgIpc) is 2.23. The molecule has 1 aliphatic rings. The zero-order valence-electron chi connectivity index (χ0n) is 8.66. The Labute approximate surface area is 95.7 Å². The summed E-state index contributed by atoms with van der Waals surface area (Å²) in [4.78, 5) is 20.8. The zero-order valence-corrected chi connectivity index (χ0v) is 8.66. The highest BCUT2D eigenvalue weighted by Crippen LogP contribution is 2.26. The summed E-state index contributed by atoms with van der Waals surface area (Å²) in [6, 6.07) is 3.48. The molecule has 0 unspecified atom stereocenters. The molecular weight excluding hydrogens is 230 g/mol. The first kappa shape index (κ1) is 11.3. The van der Waals surface area contributed by atoms with Gasteiger partial charge in [-0.3, -0.25) is 10.1 Å². The smallest absolute Gasteiger partial charge is 0.339 e. The van der Waals surface area contributed by atoms with Crippen molar-refractivity contribution in [1.29, 1.82) is 0 Å². The molecule has 0 bridgehead atoms. The number of non-ortho nitro benzene ring substituents is 1. The third-order valence-corrected chi connectivity index (χ3v) is 2.31. The van der Waals surface area contributed by atoms with Crippen LogP contribution in [0.3, 0.4) is 0 Å². The summed E-state index contributed by atoms with van der Waals surface area (Å²) < 4.78 is 10.2. The maximum Gasteiger partial charge on any atom is 0.339 e. The van der Waals surface area contributed by atoms with Crippen LogP contribution in [0.4, 0.5) is 5.69 Å². The number of rotatable bonds is 4. The molecule has 7 nitrogen and oxygen atoms in total. The number of nitro groups is 1. The van der Waals surface area contributed by atoms with Crippen LogP contribution in [0, 0.1) is 10.1 Å². The lowest BCUT2D eigenvalue weighted by molar-refractivity contribution is -0.384. The SMILES string of the molecule is O=C(O)c1cc([N+](=O)[O-])ccc1OC1COC1. The minimum atomic E-state index is -1.26. The third kappa shape index (κ3) is 2.34. The van der Waals surface area contributed by atoms with Gasteiger partial charge in [-0.15, -0.1) is 0 Å². The summed E-state index contributed by atoms with van der Waals surface area (Å²) in [6.45, 7) is 0.798. The van der Waals surface area contributed by atoms with Gasteiger partial charge in [0.2, 0.25) is 0 Å². The fourth-order valence-electron chi connectivity index (χ4n) is 1.36. The van der Waals surface area contributed by atoms with E-state index in [1.165, 1.54) is 12.1 Å². The van der Waals surface area contributed by atoms with E-state index in [-0.39, 0.29) is 23.1 Å². The summed E-state index contributed by atoms with van der Waals surface area (Å²) >= 11 is 0. The van der Waals surface area contributed by atoms with Gasteiger partial charge in [0.1, 0.15) is 17.4 Å². The highest BCUT2D eigenvalue weighted by molar-refractivity contribution is 5.91. The largest absolute Gasteiger partial charge is 0.485 e. The molecule has 0 amide bonds. The van der Waals surface area contributed by atoms with Crippen molar-refractivity contribution in [2.75, 3.05) is 13.2 Å². The minimum absolute atomic E-state index is 0.122. The summed E-state index contributed by atoms with van der Waals surface area (Å²) in [6.07, 6.45) is -0.186. The first-order chi connectivity index (χ1) is 8.08. The summed E-state index contributed by atoms with van der Waals surface area (Å²) in [5, 5.41) is 19.5. The van der Waals surface area contributed by atoms with Crippen molar-refractivity contribution in [3.05, 3.63) is 33.9 Å². The number of aromatic carboxylic acids is 1. The van der Waals surface area contributed by atoms with Crippen LogP contribution in [0.1, 0.15) is 10.4 Å². The normalized spacial score (nSPS) is 15.1. The molecule has 0 atom stereocenters. The Bertz CT molecular complexity index is 468. The highest BCUT2D eigenvalue weighted by atomic mass is 16.6. The van der Waals surface area contributed by atoms with Gasteiger partial charge in [-0.25, -0.2) is 4.79 Å². The van der Waals surface area contributed by atoms with E-state index >= 15 is 0 Å². The summed E-state index contributed by atoms with van der Waals surface area (Å²) in [5.74, 6) is -1.14. The Hall–Kier alpha value is -2.15. The maximum absolute atomic E-state index is 11.0. The Morgan fingerprint density at radius 1 is 1.53 bits per heavy atom. The van der Waals surface area contributed by atoms with Gasteiger partial charge in [0.15, 0.2) is 0 Å². The van der Waals surface area contributed by atoms with Crippen LogP contribution in [0.2, 0.25) is 0 Å². The number of ether oxygens (including phenoxy) is 2. The molecule has 1 saturated heterocycles. The van der Waals surface area contributed by atoms with Gasteiger partial charge in [0.25, 0.3) is 5.69 Å². The van der Waals surface area contributed by atoms with E-state index in [1.807, 2.05) is 0 Å². The first-order valence-corrected chi connectivity index (χ1v) is 4.84. The van der Waals surface area contributed by atoms with Crippen molar-refractivity contribution in [2.24, 2.45) is 0 Å². The molecule has 1 aromatic rings. The molecule has 1 aromatic carbocycles. The molecule has 0 radical (unpaired) electrons. The Balaban J connectivity index is 2.30. The van der Waals surface area contributed by atoms with Crippen molar-refractivity contribution in [2.45, 2.75) is 6.10 Å². The van der Waals surface area contributed by atoms with Gasteiger partial charge >= 0.3 is 5.97 Å². The van der Waals surface area contributed by atoms with Crippen LogP contribution in [0.25, 0.3) is 0 Å². The summed E-state index contributed by atoms with van der Waals surface area (Å²) in [5.41, 5.74) is -0.495. The monoisotopic (exact) mass is 239 g/mol. The molecular formula is C10H9NO6. The lowest BCUT2D eigenvalue weighted by Crippen LogP contribution is -2.38. The van der Waals surface area contributed by atoms with Crippen LogP contribution in [-0.4, -0.2) is 35.3 Å². The number of carbonyl (C=O) groups is 1. The predicted molar refractivity (Wildman–Crippen MR) is 55.3 cm³/mol. The molecule has 1 fully saturated rings. The second-order valence-electron chi connectivity index (χ2n) is 3.52. The minimum Gasteiger partial charge on any atom is -0.485 e. The first-order valence-electron chi connectivity index (χ1n) is 4.84. The maximum atomic E-state index is 11.0. The molecule has 0 aromatic heterocycles. The van der Waals surface area contributed by atoms with E-state index in [4.69, 9.17) is 14.6 Å². The average molecular weight is 239 g/mol. The summed E-state index contributed by atoms with van der Waals surface area (Å²) in [7, 11) is 0. The number of carboxylic acids is 1. The molecule has 1 aliphatic heterocycles. The molecule has 0 spiro atoms. The molecule has 0 saturated carbocycles. The number of nitrogens with zero attached hydrogens (tertiary/aromatic N) is 1. The topological polar surface area (TPSA) is 98.9 Å². The Kier molecular flexibility index (Phi) is 2.92. The molecule has 2 rings (SSSR count). The van der Waals surface area contributed by atoms with Gasteiger partial charge in [-0.05, 0) is 6.07 Å². The third-order valence-electron chi connectivity index (χ3n) is 2.31. The fourth-order valence-corrected chi connectivity index (χ4v) is 1.36. The van der Waals surface area contributed by atoms with Crippen molar-refractivity contribution >= 4 is 11.7 Å². The Morgan fingerprint density at radius 3 is 2.71 bits per heavy atom. The number of hydrogen-bond acceptors (Lipinski definition) is 5. The lowest BCUT2D eigenvalue weighted by Gasteiger charge is -2.27. The standard InChI is InChI=1S/C10H9NO6/c12-10(13)8-3-6(11(14)15)1-2-9(8)17-7-4-16-5-7/h1-3,7H,4-5H2,(H,12,13). The van der Waals surface area contributed by atoms with E-state index in [2.05, 4.69) is 0 Å². The van der Waals surface area contributed by atoms with E-state index in [1.54, 1.807) is 0 Å². The van der Waals surface area contributed by atoms with Crippen molar-refractivity contribution in [3.63, 3.8) is 0 Å².